The lowest BCUT2D eigenvalue weighted by Gasteiger charge is -2.40. The highest BCUT2D eigenvalue weighted by Gasteiger charge is 2.34. The number of aromatic nitrogens is 1. The van der Waals surface area contributed by atoms with Gasteiger partial charge in [0.25, 0.3) is 0 Å². The van der Waals surface area contributed by atoms with Gasteiger partial charge in [0, 0.05) is 17.3 Å². The van der Waals surface area contributed by atoms with Gasteiger partial charge >= 0.3 is 0 Å². The van der Waals surface area contributed by atoms with Crippen molar-refractivity contribution in [2.45, 2.75) is 51.9 Å². The van der Waals surface area contributed by atoms with Crippen LogP contribution in [0.3, 0.4) is 0 Å². The number of pyridine rings is 1. The van der Waals surface area contributed by atoms with Crippen LogP contribution in [-0.2, 0) is 0 Å². The van der Waals surface area contributed by atoms with Crippen molar-refractivity contribution < 1.29 is 9.84 Å². The maximum absolute atomic E-state index is 10.6. The second-order valence-electron chi connectivity index (χ2n) is 5.63. The van der Waals surface area contributed by atoms with E-state index in [-0.39, 0.29) is 11.6 Å². The second-order valence-corrected chi connectivity index (χ2v) is 5.63. The Balaban J connectivity index is 3.02. The third kappa shape index (κ3) is 3.67. The van der Waals surface area contributed by atoms with Gasteiger partial charge in [-0.15, -0.1) is 0 Å². The number of likely N-dealkylation sites (N-methyl/N-ethyl adjacent to an activating group) is 1. The van der Waals surface area contributed by atoms with Crippen LogP contribution < -0.4 is 4.74 Å². The van der Waals surface area contributed by atoms with Crippen LogP contribution in [0, 0.1) is 0 Å². The molecule has 1 aromatic rings. The van der Waals surface area contributed by atoms with Gasteiger partial charge in [0.15, 0.2) is 0 Å². The number of hydrogen-bond donors (Lipinski definition) is 1. The van der Waals surface area contributed by atoms with E-state index >= 15 is 0 Å². The average Bonchev–Trinajstić information content (AvgIpc) is 2.36. The van der Waals surface area contributed by atoms with Gasteiger partial charge in [0.05, 0.1) is 18.4 Å². The molecule has 0 amide bonds. The summed E-state index contributed by atoms with van der Waals surface area (Å²) in [7, 11) is 3.96. The predicted octanol–water partition coefficient (Wildman–Crippen LogP) is 2.63. The Hall–Kier alpha value is -1.13. The van der Waals surface area contributed by atoms with E-state index in [2.05, 4.69) is 11.9 Å². The first-order valence-corrected chi connectivity index (χ1v) is 6.78. The third-order valence-corrected chi connectivity index (χ3v) is 3.75. The number of rotatable bonds is 6. The topological polar surface area (TPSA) is 45.6 Å². The number of hydrogen-bond acceptors (Lipinski definition) is 4. The van der Waals surface area contributed by atoms with Gasteiger partial charge in [-0.2, -0.15) is 0 Å². The van der Waals surface area contributed by atoms with Gasteiger partial charge in [-0.1, -0.05) is 6.92 Å². The molecular weight excluding hydrogens is 240 g/mol. The zero-order chi connectivity index (χ0) is 14.6. The molecule has 1 rings (SSSR count). The molecule has 1 aromatic heterocycles. The maximum Gasteiger partial charge on any atom is 0.138 e. The fourth-order valence-corrected chi connectivity index (χ4v) is 2.03. The molecule has 0 aliphatic heterocycles. The van der Waals surface area contributed by atoms with Crippen molar-refractivity contribution in [3.8, 4) is 5.75 Å². The van der Waals surface area contributed by atoms with Gasteiger partial charge in [-0.05, 0) is 47.4 Å². The van der Waals surface area contributed by atoms with Crippen LogP contribution in [0.4, 0.5) is 0 Å². The second kappa shape index (κ2) is 6.35. The quantitative estimate of drug-likeness (QED) is 0.859. The molecule has 0 aliphatic rings. The highest BCUT2D eigenvalue weighted by atomic mass is 16.5. The monoisotopic (exact) mass is 266 g/mol. The molecule has 0 bridgehead atoms. The van der Waals surface area contributed by atoms with Crippen LogP contribution >= 0.6 is 0 Å². The van der Waals surface area contributed by atoms with Gasteiger partial charge in [-0.25, -0.2) is 0 Å². The van der Waals surface area contributed by atoms with Crippen molar-refractivity contribution in [3.63, 3.8) is 0 Å². The Bertz CT molecular complexity index is 407. The third-order valence-electron chi connectivity index (χ3n) is 3.75. The summed E-state index contributed by atoms with van der Waals surface area (Å²) in [6, 6.07) is 1.87. The van der Waals surface area contributed by atoms with E-state index in [1.165, 1.54) is 0 Å². The van der Waals surface area contributed by atoms with E-state index < -0.39 is 6.10 Å². The summed E-state index contributed by atoms with van der Waals surface area (Å²) >= 11 is 0. The molecule has 0 fully saturated rings. The highest BCUT2D eigenvalue weighted by Crippen LogP contribution is 2.33. The van der Waals surface area contributed by atoms with E-state index in [9.17, 15) is 5.11 Å². The molecule has 0 spiro atoms. The van der Waals surface area contributed by atoms with E-state index in [1.807, 2.05) is 45.8 Å². The lowest BCUT2D eigenvalue weighted by Crippen LogP contribution is -2.46. The molecule has 0 saturated heterocycles. The van der Waals surface area contributed by atoms with E-state index in [4.69, 9.17) is 4.74 Å². The van der Waals surface area contributed by atoms with Crippen molar-refractivity contribution >= 4 is 0 Å². The Labute approximate surface area is 116 Å². The molecule has 0 saturated carbocycles. The summed E-state index contributed by atoms with van der Waals surface area (Å²) in [6.45, 7) is 8.07. The molecule has 0 aliphatic carbocycles. The molecule has 1 heterocycles. The van der Waals surface area contributed by atoms with E-state index in [0.717, 1.165) is 12.0 Å². The molecule has 19 heavy (non-hydrogen) atoms. The van der Waals surface area contributed by atoms with E-state index in [1.54, 1.807) is 12.4 Å². The zero-order valence-corrected chi connectivity index (χ0v) is 12.8. The average molecular weight is 266 g/mol. The first-order chi connectivity index (χ1) is 8.81. The van der Waals surface area contributed by atoms with Crippen molar-refractivity contribution in [2.75, 3.05) is 14.1 Å². The van der Waals surface area contributed by atoms with Crippen molar-refractivity contribution in [2.24, 2.45) is 0 Å². The van der Waals surface area contributed by atoms with Crippen LogP contribution in [0.25, 0.3) is 0 Å². The molecular formula is C15H26N2O2. The minimum absolute atomic E-state index is 0.0978. The SMILES string of the molecule is CCC(C)(C(O)c1cncc(OC(C)C)c1)N(C)C. The van der Waals surface area contributed by atoms with Crippen molar-refractivity contribution in [1.82, 2.24) is 9.88 Å². The first kappa shape index (κ1) is 15.9. The van der Waals surface area contributed by atoms with Crippen molar-refractivity contribution in [3.05, 3.63) is 24.0 Å². The number of aliphatic hydroxyl groups excluding tert-OH is 1. The summed E-state index contributed by atoms with van der Waals surface area (Å²) in [4.78, 5) is 6.21. The Morgan fingerprint density at radius 3 is 2.47 bits per heavy atom. The standard InChI is InChI=1S/C15H26N2O2/c1-7-15(4,17(5)6)14(18)12-8-13(10-16-9-12)19-11(2)3/h8-11,14,18H,7H2,1-6H3. The fourth-order valence-electron chi connectivity index (χ4n) is 2.03. The fraction of sp³-hybridized carbons (Fsp3) is 0.667. The van der Waals surface area contributed by atoms with Gasteiger partial charge < -0.3 is 14.7 Å². The van der Waals surface area contributed by atoms with Crippen LogP contribution in [0.1, 0.15) is 45.8 Å². The van der Waals surface area contributed by atoms with Gasteiger partial charge in [-0.3, -0.25) is 4.98 Å². The first-order valence-electron chi connectivity index (χ1n) is 6.78. The summed E-state index contributed by atoms with van der Waals surface area (Å²) in [5.74, 6) is 0.698. The molecule has 0 radical (unpaired) electrons. The normalized spacial score (nSPS) is 16.5. The Kier molecular flexibility index (Phi) is 5.32. The smallest absolute Gasteiger partial charge is 0.138 e. The summed E-state index contributed by atoms with van der Waals surface area (Å²) < 4.78 is 5.62. The van der Waals surface area contributed by atoms with Crippen molar-refractivity contribution in [1.29, 1.82) is 0 Å². The highest BCUT2D eigenvalue weighted by molar-refractivity contribution is 5.27. The minimum Gasteiger partial charge on any atom is -0.489 e. The molecule has 108 valence electrons. The predicted molar refractivity (Wildman–Crippen MR) is 77.3 cm³/mol. The molecule has 2 atom stereocenters. The molecule has 0 aromatic carbocycles. The number of aliphatic hydroxyl groups is 1. The zero-order valence-electron chi connectivity index (χ0n) is 12.8. The summed E-state index contributed by atoms with van der Waals surface area (Å²) in [6.07, 6.45) is 3.72. The summed E-state index contributed by atoms with van der Waals surface area (Å²) in [5, 5.41) is 10.6. The van der Waals surface area contributed by atoms with Gasteiger partial charge in [0.1, 0.15) is 5.75 Å². The maximum atomic E-state index is 10.6. The Morgan fingerprint density at radius 1 is 1.37 bits per heavy atom. The van der Waals surface area contributed by atoms with Crippen LogP contribution in [-0.4, -0.2) is 40.7 Å². The largest absolute Gasteiger partial charge is 0.489 e. The van der Waals surface area contributed by atoms with Crippen LogP contribution in [0.15, 0.2) is 18.5 Å². The van der Waals surface area contributed by atoms with E-state index in [0.29, 0.717) is 5.75 Å². The number of ether oxygens (including phenoxy) is 1. The minimum atomic E-state index is -0.601. The molecule has 1 N–H and O–H groups in total. The lowest BCUT2D eigenvalue weighted by molar-refractivity contribution is 0.000493. The molecule has 4 nitrogen and oxygen atoms in total. The molecule has 2 unspecified atom stereocenters. The van der Waals surface area contributed by atoms with Crippen LogP contribution in [0.5, 0.6) is 5.75 Å². The Morgan fingerprint density at radius 2 is 2.00 bits per heavy atom. The van der Waals surface area contributed by atoms with Crippen LogP contribution in [0.2, 0.25) is 0 Å². The summed E-state index contributed by atoms with van der Waals surface area (Å²) in [5.41, 5.74) is 0.467. The number of nitrogens with zero attached hydrogens (tertiary/aromatic N) is 2. The van der Waals surface area contributed by atoms with Gasteiger partial charge in [0.2, 0.25) is 0 Å². The molecule has 4 heteroatoms. The lowest BCUT2D eigenvalue weighted by atomic mass is 9.86.